The van der Waals surface area contributed by atoms with Crippen molar-refractivity contribution in [1.29, 1.82) is 0 Å². The van der Waals surface area contributed by atoms with Crippen LogP contribution in [0.25, 0.3) is 11.1 Å². The van der Waals surface area contributed by atoms with E-state index < -0.39 is 11.8 Å². The van der Waals surface area contributed by atoms with Crippen LogP contribution in [0, 0.1) is 12.7 Å². The van der Waals surface area contributed by atoms with E-state index in [1.165, 1.54) is 30.6 Å². The lowest BCUT2D eigenvalue weighted by atomic mass is 10.0. The maximum absolute atomic E-state index is 13.4. The van der Waals surface area contributed by atoms with E-state index in [4.69, 9.17) is 4.74 Å². The summed E-state index contributed by atoms with van der Waals surface area (Å²) >= 11 is 1.22. The molecule has 0 aliphatic carbocycles. The van der Waals surface area contributed by atoms with Gasteiger partial charge < -0.3 is 10.1 Å². The Morgan fingerprint density at radius 1 is 1.03 bits per heavy atom. The van der Waals surface area contributed by atoms with Crippen LogP contribution in [0.2, 0.25) is 0 Å². The number of hydrogen-bond acceptors (Lipinski definition) is 6. The minimum Gasteiger partial charge on any atom is -0.465 e. The van der Waals surface area contributed by atoms with Crippen LogP contribution in [0.15, 0.2) is 48.5 Å². The molecule has 3 aromatic rings. The normalized spacial score (nSPS) is 12.6. The van der Waals surface area contributed by atoms with Crippen molar-refractivity contribution in [3.63, 3.8) is 0 Å². The Hall–Kier alpha value is -3.85. The lowest BCUT2D eigenvalue weighted by molar-refractivity contribution is -0.116. The molecule has 0 spiro atoms. The van der Waals surface area contributed by atoms with Crippen molar-refractivity contribution in [3.05, 3.63) is 75.9 Å². The summed E-state index contributed by atoms with van der Waals surface area (Å²) in [5, 5.41) is 3.08. The lowest BCUT2D eigenvalue weighted by Crippen LogP contribution is -2.31. The number of benzene rings is 2. The molecule has 0 saturated heterocycles. The Morgan fingerprint density at radius 3 is 2.24 bits per heavy atom. The van der Waals surface area contributed by atoms with Crippen LogP contribution in [-0.2, 0) is 9.53 Å². The number of rotatable bonds is 7. The number of amides is 3. The fourth-order valence-corrected chi connectivity index (χ4v) is 5.00. The number of anilines is 1. The van der Waals surface area contributed by atoms with E-state index in [1.54, 1.807) is 43.3 Å². The molecule has 7 nitrogen and oxygen atoms in total. The molecule has 2 aromatic carbocycles. The topological polar surface area (TPSA) is 92.8 Å². The van der Waals surface area contributed by atoms with Crippen molar-refractivity contribution in [2.24, 2.45) is 0 Å². The second-order valence-electron chi connectivity index (χ2n) is 7.70. The predicted octanol–water partition coefficient (Wildman–Crippen LogP) is 4.66. The van der Waals surface area contributed by atoms with Crippen LogP contribution >= 0.6 is 11.3 Å². The Bertz CT molecular complexity index is 1260. The zero-order valence-corrected chi connectivity index (χ0v) is 19.3. The number of fused-ring (bicyclic) bond motifs is 1. The average molecular weight is 481 g/mol. The molecule has 1 N–H and O–H groups in total. The summed E-state index contributed by atoms with van der Waals surface area (Å²) in [6.07, 6.45) is 0.302. The van der Waals surface area contributed by atoms with Crippen LogP contribution < -0.4 is 5.32 Å². The molecule has 1 aromatic heterocycles. The molecule has 34 heavy (non-hydrogen) atoms. The fraction of sp³-hybridized carbons (Fsp3) is 0.200. The summed E-state index contributed by atoms with van der Waals surface area (Å²) in [6.45, 7) is 1.90. The van der Waals surface area contributed by atoms with Crippen molar-refractivity contribution in [3.8, 4) is 11.1 Å². The summed E-state index contributed by atoms with van der Waals surface area (Å²) in [4.78, 5) is 52.0. The average Bonchev–Trinajstić information content (AvgIpc) is 3.27. The molecule has 0 saturated carbocycles. The number of aryl methyl sites for hydroxylation is 1. The van der Waals surface area contributed by atoms with Crippen LogP contribution in [0.1, 0.15) is 48.8 Å². The van der Waals surface area contributed by atoms with Gasteiger partial charge in [-0.15, -0.1) is 11.3 Å². The van der Waals surface area contributed by atoms with E-state index in [0.717, 1.165) is 9.78 Å². The predicted molar refractivity (Wildman–Crippen MR) is 125 cm³/mol. The summed E-state index contributed by atoms with van der Waals surface area (Å²) in [6, 6.07) is 12.3. The third-order valence-corrected chi connectivity index (χ3v) is 6.54. The number of imide groups is 1. The summed E-state index contributed by atoms with van der Waals surface area (Å²) in [5.74, 6) is -2.12. The highest BCUT2D eigenvalue weighted by molar-refractivity contribution is 7.17. The molecule has 0 radical (unpaired) electrons. The van der Waals surface area contributed by atoms with E-state index >= 15 is 0 Å². The monoisotopic (exact) mass is 480 g/mol. The van der Waals surface area contributed by atoms with Crippen molar-refractivity contribution in [2.45, 2.75) is 19.8 Å². The van der Waals surface area contributed by atoms with Crippen molar-refractivity contribution in [1.82, 2.24) is 4.90 Å². The third kappa shape index (κ3) is 4.34. The largest absolute Gasteiger partial charge is 0.465 e. The number of methoxy groups -OCH3 is 1. The zero-order chi connectivity index (χ0) is 24.4. The second-order valence-corrected chi connectivity index (χ2v) is 8.92. The molecule has 3 amide bonds. The first-order valence-corrected chi connectivity index (χ1v) is 11.4. The Balaban J connectivity index is 1.46. The number of esters is 1. The van der Waals surface area contributed by atoms with Gasteiger partial charge in [0.05, 0.1) is 18.2 Å². The summed E-state index contributed by atoms with van der Waals surface area (Å²) in [7, 11) is 1.25. The number of ether oxygens (including phenoxy) is 1. The van der Waals surface area contributed by atoms with Gasteiger partial charge in [-0.25, -0.2) is 9.18 Å². The van der Waals surface area contributed by atoms with Gasteiger partial charge in [-0.05, 0) is 43.2 Å². The molecular weight excluding hydrogens is 459 g/mol. The molecular formula is C25H21FN2O5S. The number of nitrogens with zero attached hydrogens (tertiary/aromatic N) is 1. The van der Waals surface area contributed by atoms with Gasteiger partial charge in [-0.2, -0.15) is 0 Å². The number of halogens is 1. The standard InChI is InChI=1S/C25H21FN2O5S/c1-14-20(15-9-11-16(26)12-10-15)21(25(32)33-2)22(34-14)27-19(29)8-5-13-28-23(30)17-6-3-4-7-18(17)24(28)31/h3-4,6-7,9-12H,5,8,13H2,1-2H3,(H,27,29). The van der Waals surface area contributed by atoms with Crippen LogP contribution in [0.4, 0.5) is 9.39 Å². The maximum atomic E-state index is 13.4. The van der Waals surface area contributed by atoms with Gasteiger partial charge in [0, 0.05) is 23.4 Å². The Kier molecular flexibility index (Phi) is 6.56. The second kappa shape index (κ2) is 9.56. The van der Waals surface area contributed by atoms with Crippen LogP contribution in [-0.4, -0.2) is 42.2 Å². The first kappa shape index (κ1) is 23.3. The van der Waals surface area contributed by atoms with Crippen LogP contribution in [0.3, 0.4) is 0 Å². The minimum atomic E-state index is -0.620. The number of thiophene rings is 1. The van der Waals surface area contributed by atoms with Gasteiger partial charge in [0.1, 0.15) is 16.4 Å². The minimum absolute atomic E-state index is 0.0385. The van der Waals surface area contributed by atoms with Gasteiger partial charge in [-0.3, -0.25) is 19.3 Å². The first-order valence-electron chi connectivity index (χ1n) is 10.5. The summed E-state index contributed by atoms with van der Waals surface area (Å²) < 4.78 is 18.3. The SMILES string of the molecule is COC(=O)c1c(NC(=O)CCCN2C(=O)c3ccccc3C2=O)sc(C)c1-c1ccc(F)cc1. The number of hydrogen-bond donors (Lipinski definition) is 1. The summed E-state index contributed by atoms with van der Waals surface area (Å²) in [5.41, 5.74) is 2.12. The highest BCUT2D eigenvalue weighted by Crippen LogP contribution is 2.40. The molecule has 1 aliphatic rings. The van der Waals surface area contributed by atoms with Gasteiger partial charge in [0.25, 0.3) is 11.8 Å². The molecule has 174 valence electrons. The van der Waals surface area contributed by atoms with E-state index in [2.05, 4.69) is 5.32 Å². The Morgan fingerprint density at radius 2 is 1.65 bits per heavy atom. The van der Waals surface area contributed by atoms with E-state index in [9.17, 15) is 23.6 Å². The molecule has 0 unspecified atom stereocenters. The molecule has 0 fully saturated rings. The molecule has 0 atom stereocenters. The van der Waals surface area contributed by atoms with Gasteiger partial charge in [-0.1, -0.05) is 24.3 Å². The third-order valence-electron chi connectivity index (χ3n) is 5.52. The quantitative estimate of drug-likeness (QED) is 0.392. The van der Waals surface area contributed by atoms with Gasteiger partial charge in [0.2, 0.25) is 5.91 Å². The van der Waals surface area contributed by atoms with E-state index in [-0.39, 0.29) is 42.7 Å². The fourth-order valence-electron chi connectivity index (χ4n) is 3.92. The molecule has 1 aliphatic heterocycles. The number of carbonyl (C=O) groups excluding carboxylic acids is 4. The van der Waals surface area contributed by atoms with Crippen molar-refractivity contribution < 1.29 is 28.3 Å². The maximum Gasteiger partial charge on any atom is 0.341 e. The molecule has 4 rings (SSSR count). The zero-order valence-electron chi connectivity index (χ0n) is 18.5. The van der Waals surface area contributed by atoms with Crippen molar-refractivity contribution in [2.75, 3.05) is 19.0 Å². The number of carbonyl (C=O) groups is 4. The van der Waals surface area contributed by atoms with Gasteiger partial charge >= 0.3 is 5.97 Å². The smallest absolute Gasteiger partial charge is 0.341 e. The lowest BCUT2D eigenvalue weighted by Gasteiger charge is -2.13. The van der Waals surface area contributed by atoms with Crippen LogP contribution in [0.5, 0.6) is 0 Å². The van der Waals surface area contributed by atoms with E-state index in [1.807, 2.05) is 0 Å². The molecule has 9 heteroatoms. The highest BCUT2D eigenvalue weighted by Gasteiger charge is 2.34. The molecule has 2 heterocycles. The Labute approximate surface area is 199 Å². The molecule has 0 bridgehead atoms. The van der Waals surface area contributed by atoms with E-state index in [0.29, 0.717) is 27.3 Å². The number of nitrogens with one attached hydrogen (secondary N) is 1. The highest BCUT2D eigenvalue weighted by atomic mass is 32.1. The van der Waals surface area contributed by atoms with Crippen molar-refractivity contribution >= 4 is 40.0 Å². The van der Waals surface area contributed by atoms with Gasteiger partial charge in [0.15, 0.2) is 0 Å². The first-order chi connectivity index (χ1) is 16.3.